The number of aryl methyl sites for hydroxylation is 1. The quantitative estimate of drug-likeness (QED) is 0.786. The SMILES string of the molecule is COc1ccc(-c2sccc2C)cc1N. The summed E-state index contributed by atoms with van der Waals surface area (Å²) in [5.41, 5.74) is 8.99. The van der Waals surface area contributed by atoms with E-state index in [0.29, 0.717) is 5.69 Å². The number of ether oxygens (including phenoxy) is 1. The molecule has 15 heavy (non-hydrogen) atoms. The highest BCUT2D eigenvalue weighted by molar-refractivity contribution is 7.13. The Morgan fingerprint density at radius 2 is 2.07 bits per heavy atom. The Bertz CT molecular complexity index is 476. The van der Waals surface area contributed by atoms with Crippen LogP contribution in [0.2, 0.25) is 0 Å². The van der Waals surface area contributed by atoms with Crippen LogP contribution in [0, 0.1) is 6.92 Å². The Morgan fingerprint density at radius 1 is 1.27 bits per heavy atom. The Labute approximate surface area is 93.3 Å². The van der Waals surface area contributed by atoms with Gasteiger partial charge in [-0.1, -0.05) is 0 Å². The smallest absolute Gasteiger partial charge is 0.141 e. The number of hydrogen-bond acceptors (Lipinski definition) is 3. The molecule has 1 aromatic heterocycles. The molecule has 0 saturated carbocycles. The molecule has 1 aromatic carbocycles. The summed E-state index contributed by atoms with van der Waals surface area (Å²) in [5.74, 6) is 0.730. The largest absolute Gasteiger partial charge is 0.495 e. The highest BCUT2D eigenvalue weighted by atomic mass is 32.1. The van der Waals surface area contributed by atoms with Crippen molar-refractivity contribution in [3.05, 3.63) is 35.2 Å². The van der Waals surface area contributed by atoms with Gasteiger partial charge in [0, 0.05) is 4.88 Å². The number of hydrogen-bond donors (Lipinski definition) is 1. The number of rotatable bonds is 2. The molecule has 0 aliphatic heterocycles. The normalized spacial score (nSPS) is 10.3. The number of thiophene rings is 1. The second-order valence-electron chi connectivity index (χ2n) is 3.39. The topological polar surface area (TPSA) is 35.2 Å². The van der Waals surface area contributed by atoms with E-state index in [1.807, 2.05) is 18.2 Å². The summed E-state index contributed by atoms with van der Waals surface area (Å²) in [6.45, 7) is 2.10. The standard InChI is InChI=1S/C12H13NOS/c1-8-5-6-15-12(8)9-3-4-11(14-2)10(13)7-9/h3-7H,13H2,1-2H3. The van der Waals surface area contributed by atoms with Gasteiger partial charge < -0.3 is 10.5 Å². The fourth-order valence-corrected chi connectivity index (χ4v) is 2.47. The van der Waals surface area contributed by atoms with E-state index >= 15 is 0 Å². The van der Waals surface area contributed by atoms with E-state index in [2.05, 4.69) is 18.4 Å². The summed E-state index contributed by atoms with van der Waals surface area (Å²) in [6.07, 6.45) is 0. The summed E-state index contributed by atoms with van der Waals surface area (Å²) in [5, 5.41) is 2.09. The van der Waals surface area contributed by atoms with Crippen molar-refractivity contribution in [3.63, 3.8) is 0 Å². The molecule has 0 radical (unpaired) electrons. The lowest BCUT2D eigenvalue weighted by molar-refractivity contribution is 0.417. The Balaban J connectivity index is 2.47. The van der Waals surface area contributed by atoms with Crippen LogP contribution in [0.15, 0.2) is 29.6 Å². The Hall–Kier alpha value is -1.48. The molecule has 1 heterocycles. The highest BCUT2D eigenvalue weighted by Crippen LogP contribution is 2.33. The zero-order valence-corrected chi connectivity index (χ0v) is 9.60. The molecule has 0 aliphatic carbocycles. The average Bonchev–Trinajstić information content (AvgIpc) is 2.64. The minimum atomic E-state index is 0.683. The lowest BCUT2D eigenvalue weighted by Gasteiger charge is -2.06. The molecule has 0 bridgehead atoms. The lowest BCUT2D eigenvalue weighted by Crippen LogP contribution is -1.92. The number of benzene rings is 1. The van der Waals surface area contributed by atoms with Gasteiger partial charge >= 0.3 is 0 Å². The summed E-state index contributed by atoms with van der Waals surface area (Å²) in [4.78, 5) is 1.27. The third kappa shape index (κ3) is 1.83. The first-order chi connectivity index (χ1) is 7.22. The molecule has 0 atom stereocenters. The van der Waals surface area contributed by atoms with E-state index in [1.165, 1.54) is 10.4 Å². The molecule has 0 spiro atoms. The van der Waals surface area contributed by atoms with Crippen molar-refractivity contribution in [2.45, 2.75) is 6.92 Å². The van der Waals surface area contributed by atoms with Gasteiger partial charge in [-0.05, 0) is 47.7 Å². The van der Waals surface area contributed by atoms with Crippen molar-refractivity contribution in [2.24, 2.45) is 0 Å². The fourth-order valence-electron chi connectivity index (χ4n) is 1.54. The molecule has 0 unspecified atom stereocenters. The van der Waals surface area contributed by atoms with E-state index in [0.717, 1.165) is 11.3 Å². The van der Waals surface area contributed by atoms with E-state index in [-0.39, 0.29) is 0 Å². The van der Waals surface area contributed by atoms with Crippen LogP contribution in [0.25, 0.3) is 10.4 Å². The van der Waals surface area contributed by atoms with Crippen molar-refractivity contribution >= 4 is 17.0 Å². The minimum absolute atomic E-state index is 0.683. The van der Waals surface area contributed by atoms with Gasteiger partial charge in [-0.2, -0.15) is 0 Å². The molecule has 2 N–H and O–H groups in total. The maximum absolute atomic E-state index is 5.87. The maximum Gasteiger partial charge on any atom is 0.141 e. The molecule has 2 aromatic rings. The van der Waals surface area contributed by atoms with Crippen LogP contribution in [0.5, 0.6) is 5.75 Å². The van der Waals surface area contributed by atoms with Crippen LogP contribution < -0.4 is 10.5 Å². The maximum atomic E-state index is 5.87. The average molecular weight is 219 g/mol. The predicted octanol–water partition coefficient (Wildman–Crippen LogP) is 3.31. The number of nitrogens with two attached hydrogens (primary N) is 1. The molecule has 2 rings (SSSR count). The molecule has 78 valence electrons. The van der Waals surface area contributed by atoms with Gasteiger partial charge in [0.1, 0.15) is 5.75 Å². The lowest BCUT2D eigenvalue weighted by atomic mass is 10.1. The zero-order valence-electron chi connectivity index (χ0n) is 8.78. The minimum Gasteiger partial charge on any atom is -0.495 e. The van der Waals surface area contributed by atoms with Gasteiger partial charge in [-0.25, -0.2) is 0 Å². The molecule has 0 saturated heterocycles. The molecule has 0 amide bonds. The molecular weight excluding hydrogens is 206 g/mol. The Morgan fingerprint density at radius 3 is 2.60 bits per heavy atom. The van der Waals surface area contributed by atoms with E-state index in [9.17, 15) is 0 Å². The van der Waals surface area contributed by atoms with Gasteiger partial charge in [0.05, 0.1) is 12.8 Å². The first-order valence-corrected chi connectivity index (χ1v) is 5.58. The fraction of sp³-hybridized carbons (Fsp3) is 0.167. The van der Waals surface area contributed by atoms with Crippen molar-refractivity contribution in [1.82, 2.24) is 0 Å². The number of nitrogen functional groups attached to an aromatic ring is 1. The molecule has 2 nitrogen and oxygen atoms in total. The summed E-state index contributed by atoms with van der Waals surface area (Å²) >= 11 is 1.73. The van der Waals surface area contributed by atoms with Crippen LogP contribution in [0.4, 0.5) is 5.69 Å². The van der Waals surface area contributed by atoms with Crippen molar-refractivity contribution < 1.29 is 4.74 Å². The first kappa shape index (κ1) is 10.1. The summed E-state index contributed by atoms with van der Waals surface area (Å²) < 4.78 is 5.13. The monoisotopic (exact) mass is 219 g/mol. The second-order valence-corrected chi connectivity index (χ2v) is 4.31. The third-order valence-corrected chi connectivity index (χ3v) is 3.42. The van der Waals surface area contributed by atoms with Crippen LogP contribution >= 0.6 is 11.3 Å². The number of methoxy groups -OCH3 is 1. The molecule has 0 fully saturated rings. The molecule has 3 heteroatoms. The van der Waals surface area contributed by atoms with Gasteiger partial charge in [0.2, 0.25) is 0 Å². The highest BCUT2D eigenvalue weighted by Gasteiger charge is 2.06. The van der Waals surface area contributed by atoms with Crippen molar-refractivity contribution in [1.29, 1.82) is 0 Å². The van der Waals surface area contributed by atoms with E-state index < -0.39 is 0 Å². The summed E-state index contributed by atoms with van der Waals surface area (Å²) in [7, 11) is 1.63. The first-order valence-electron chi connectivity index (χ1n) is 4.70. The van der Waals surface area contributed by atoms with E-state index in [4.69, 9.17) is 10.5 Å². The van der Waals surface area contributed by atoms with Crippen molar-refractivity contribution in [2.75, 3.05) is 12.8 Å². The van der Waals surface area contributed by atoms with Crippen molar-refractivity contribution in [3.8, 4) is 16.2 Å². The van der Waals surface area contributed by atoms with Gasteiger partial charge in [0.25, 0.3) is 0 Å². The Kier molecular flexibility index (Phi) is 2.64. The van der Waals surface area contributed by atoms with Gasteiger partial charge in [0.15, 0.2) is 0 Å². The third-order valence-electron chi connectivity index (χ3n) is 2.35. The van der Waals surface area contributed by atoms with Crippen LogP contribution in [-0.4, -0.2) is 7.11 Å². The second kappa shape index (κ2) is 3.95. The predicted molar refractivity (Wildman–Crippen MR) is 65.5 cm³/mol. The van der Waals surface area contributed by atoms with Gasteiger partial charge in [-0.15, -0.1) is 11.3 Å². The van der Waals surface area contributed by atoms with Crippen LogP contribution in [0.1, 0.15) is 5.56 Å². The molecule has 0 aliphatic rings. The van der Waals surface area contributed by atoms with E-state index in [1.54, 1.807) is 18.4 Å². The van der Waals surface area contributed by atoms with Gasteiger partial charge in [-0.3, -0.25) is 0 Å². The summed E-state index contributed by atoms with van der Waals surface area (Å²) in [6, 6.07) is 8.01. The van der Waals surface area contributed by atoms with Crippen LogP contribution in [0.3, 0.4) is 0 Å². The zero-order chi connectivity index (χ0) is 10.8. The van der Waals surface area contributed by atoms with Crippen LogP contribution in [-0.2, 0) is 0 Å². The number of anilines is 1. The molecular formula is C12H13NOS.